The molecule has 0 heterocycles. The van der Waals surface area contributed by atoms with E-state index in [1.807, 2.05) is 0 Å². The van der Waals surface area contributed by atoms with Crippen molar-refractivity contribution in [2.24, 2.45) is 0 Å². The highest BCUT2D eigenvalue weighted by Crippen LogP contribution is 2.47. The van der Waals surface area contributed by atoms with Crippen LogP contribution in [0.2, 0.25) is 0 Å². The Hall–Kier alpha value is -1.02. The molecule has 0 aromatic heterocycles. The molecule has 1 aliphatic carbocycles. The Morgan fingerprint density at radius 2 is 1.94 bits per heavy atom. The molecular weight excluding hydrogens is 198 g/mol. The fourth-order valence-corrected chi connectivity index (χ4v) is 2.17. The van der Waals surface area contributed by atoms with Crippen LogP contribution in [0.1, 0.15) is 31.7 Å². The van der Waals surface area contributed by atoms with Crippen molar-refractivity contribution in [3.8, 4) is 5.75 Å². The van der Waals surface area contributed by atoms with Gasteiger partial charge in [-0.25, -0.2) is 0 Å². The van der Waals surface area contributed by atoms with Gasteiger partial charge in [-0.3, -0.25) is 0 Å². The van der Waals surface area contributed by atoms with Gasteiger partial charge in [-0.1, -0.05) is 19.1 Å². The minimum Gasteiger partial charge on any atom is -0.497 e. The van der Waals surface area contributed by atoms with Crippen LogP contribution in [0.3, 0.4) is 0 Å². The maximum Gasteiger partial charge on any atom is 0.118 e. The van der Waals surface area contributed by atoms with Gasteiger partial charge in [-0.05, 0) is 43.5 Å². The van der Waals surface area contributed by atoms with Gasteiger partial charge in [0, 0.05) is 12.0 Å². The second-order valence-electron chi connectivity index (χ2n) is 4.69. The lowest BCUT2D eigenvalue weighted by molar-refractivity contribution is 0.414. The molecule has 0 amide bonds. The summed E-state index contributed by atoms with van der Waals surface area (Å²) in [5.74, 6) is 0.945. The Morgan fingerprint density at radius 1 is 1.25 bits per heavy atom. The van der Waals surface area contributed by atoms with Crippen LogP contribution in [0, 0.1) is 0 Å². The molecule has 1 N–H and O–H groups in total. The summed E-state index contributed by atoms with van der Waals surface area (Å²) >= 11 is 0. The number of benzene rings is 1. The summed E-state index contributed by atoms with van der Waals surface area (Å²) in [5.41, 5.74) is 1.87. The molecule has 0 radical (unpaired) electrons. The Kier molecular flexibility index (Phi) is 3.49. The lowest BCUT2D eigenvalue weighted by Gasteiger charge is -2.16. The highest BCUT2D eigenvalue weighted by atomic mass is 16.5. The van der Waals surface area contributed by atoms with E-state index in [4.69, 9.17) is 4.74 Å². The monoisotopic (exact) mass is 219 g/mol. The lowest BCUT2D eigenvalue weighted by Crippen LogP contribution is -2.27. The van der Waals surface area contributed by atoms with Crippen molar-refractivity contribution in [2.45, 2.75) is 31.6 Å². The van der Waals surface area contributed by atoms with E-state index in [9.17, 15) is 0 Å². The summed E-state index contributed by atoms with van der Waals surface area (Å²) in [7, 11) is 1.71. The Balaban J connectivity index is 1.99. The van der Waals surface area contributed by atoms with Gasteiger partial charge in [0.15, 0.2) is 0 Å². The molecule has 0 unspecified atom stereocenters. The number of hydrogen-bond acceptors (Lipinski definition) is 2. The highest BCUT2D eigenvalue weighted by Gasteiger charge is 2.43. The summed E-state index contributed by atoms with van der Waals surface area (Å²) in [6.45, 7) is 4.45. The van der Waals surface area contributed by atoms with Crippen molar-refractivity contribution in [3.63, 3.8) is 0 Å². The van der Waals surface area contributed by atoms with Gasteiger partial charge < -0.3 is 10.1 Å². The van der Waals surface area contributed by atoms with Crippen molar-refractivity contribution in [1.82, 2.24) is 5.32 Å². The number of ether oxygens (including phenoxy) is 1. The summed E-state index contributed by atoms with van der Waals surface area (Å²) < 4.78 is 5.19. The molecule has 2 rings (SSSR count). The first kappa shape index (κ1) is 11.5. The summed E-state index contributed by atoms with van der Waals surface area (Å²) in [6.07, 6.45) is 3.84. The molecule has 0 aliphatic heterocycles. The van der Waals surface area contributed by atoms with E-state index in [2.05, 4.69) is 36.5 Å². The third-order valence-corrected chi connectivity index (χ3v) is 3.45. The van der Waals surface area contributed by atoms with E-state index < -0.39 is 0 Å². The zero-order valence-corrected chi connectivity index (χ0v) is 10.3. The zero-order valence-electron chi connectivity index (χ0n) is 10.3. The molecule has 1 aromatic rings. The number of hydrogen-bond donors (Lipinski definition) is 1. The van der Waals surface area contributed by atoms with Gasteiger partial charge in [0.1, 0.15) is 5.75 Å². The number of methoxy groups -OCH3 is 1. The van der Waals surface area contributed by atoms with E-state index in [1.54, 1.807) is 7.11 Å². The summed E-state index contributed by atoms with van der Waals surface area (Å²) in [5, 5.41) is 3.53. The van der Waals surface area contributed by atoms with E-state index in [1.165, 1.54) is 24.8 Å². The molecule has 0 atom stereocenters. The predicted octanol–water partition coefficient (Wildman–Crippen LogP) is 2.73. The Labute approximate surface area is 98.0 Å². The van der Waals surface area contributed by atoms with Crippen LogP contribution in [0.4, 0.5) is 0 Å². The maximum absolute atomic E-state index is 5.19. The fourth-order valence-electron chi connectivity index (χ4n) is 2.17. The third kappa shape index (κ3) is 2.38. The molecule has 1 aromatic carbocycles. The zero-order chi connectivity index (χ0) is 11.4. The quantitative estimate of drug-likeness (QED) is 0.743. The first-order valence-corrected chi connectivity index (χ1v) is 6.16. The molecule has 2 nitrogen and oxygen atoms in total. The van der Waals surface area contributed by atoms with Crippen molar-refractivity contribution in [2.75, 3.05) is 20.2 Å². The highest BCUT2D eigenvalue weighted by molar-refractivity contribution is 5.36. The van der Waals surface area contributed by atoms with Gasteiger partial charge in [0.25, 0.3) is 0 Å². The molecule has 88 valence electrons. The normalized spacial score (nSPS) is 17.1. The Bertz CT molecular complexity index is 327. The minimum absolute atomic E-state index is 0.418. The van der Waals surface area contributed by atoms with Crippen LogP contribution in [-0.2, 0) is 5.41 Å². The summed E-state index contributed by atoms with van der Waals surface area (Å²) in [4.78, 5) is 0. The van der Waals surface area contributed by atoms with Crippen LogP contribution in [0.5, 0.6) is 5.75 Å². The van der Waals surface area contributed by atoms with Gasteiger partial charge in [0.05, 0.1) is 7.11 Å². The molecule has 0 saturated heterocycles. The molecule has 1 saturated carbocycles. The van der Waals surface area contributed by atoms with Crippen molar-refractivity contribution >= 4 is 0 Å². The van der Waals surface area contributed by atoms with Crippen LogP contribution in [0.15, 0.2) is 24.3 Å². The average molecular weight is 219 g/mol. The largest absolute Gasteiger partial charge is 0.497 e. The lowest BCUT2D eigenvalue weighted by atomic mass is 9.96. The molecule has 2 heteroatoms. The Morgan fingerprint density at radius 3 is 2.44 bits per heavy atom. The van der Waals surface area contributed by atoms with Gasteiger partial charge in [-0.15, -0.1) is 0 Å². The van der Waals surface area contributed by atoms with Crippen LogP contribution < -0.4 is 10.1 Å². The average Bonchev–Trinajstić information content (AvgIpc) is 3.11. The minimum atomic E-state index is 0.418. The number of rotatable bonds is 6. The van der Waals surface area contributed by atoms with Crippen LogP contribution >= 0.6 is 0 Å². The van der Waals surface area contributed by atoms with E-state index >= 15 is 0 Å². The SMILES string of the molecule is CCCNCC1(c2ccc(OC)cc2)CC1. The summed E-state index contributed by atoms with van der Waals surface area (Å²) in [6, 6.07) is 8.55. The molecule has 1 aliphatic rings. The fraction of sp³-hybridized carbons (Fsp3) is 0.571. The molecule has 1 fully saturated rings. The third-order valence-electron chi connectivity index (χ3n) is 3.45. The first-order chi connectivity index (χ1) is 7.80. The van der Waals surface area contributed by atoms with Gasteiger partial charge in [0.2, 0.25) is 0 Å². The van der Waals surface area contributed by atoms with Crippen LogP contribution in [-0.4, -0.2) is 20.2 Å². The standard InChI is InChI=1S/C14H21NO/c1-3-10-15-11-14(8-9-14)12-4-6-13(16-2)7-5-12/h4-7,15H,3,8-11H2,1-2H3. The smallest absolute Gasteiger partial charge is 0.118 e. The van der Waals surface area contributed by atoms with Crippen molar-refractivity contribution in [1.29, 1.82) is 0 Å². The first-order valence-electron chi connectivity index (χ1n) is 6.16. The second-order valence-corrected chi connectivity index (χ2v) is 4.69. The van der Waals surface area contributed by atoms with Crippen molar-refractivity contribution < 1.29 is 4.74 Å². The topological polar surface area (TPSA) is 21.3 Å². The van der Waals surface area contributed by atoms with Gasteiger partial charge in [-0.2, -0.15) is 0 Å². The van der Waals surface area contributed by atoms with E-state index in [0.29, 0.717) is 5.41 Å². The van der Waals surface area contributed by atoms with Gasteiger partial charge >= 0.3 is 0 Å². The number of nitrogens with one attached hydrogen (secondary N) is 1. The molecular formula is C14H21NO. The van der Waals surface area contributed by atoms with E-state index in [0.717, 1.165) is 18.8 Å². The van der Waals surface area contributed by atoms with E-state index in [-0.39, 0.29) is 0 Å². The molecule has 0 spiro atoms. The molecule has 0 bridgehead atoms. The van der Waals surface area contributed by atoms with Crippen LogP contribution in [0.25, 0.3) is 0 Å². The molecule has 16 heavy (non-hydrogen) atoms. The second kappa shape index (κ2) is 4.88. The van der Waals surface area contributed by atoms with Crippen molar-refractivity contribution in [3.05, 3.63) is 29.8 Å². The predicted molar refractivity (Wildman–Crippen MR) is 67.1 cm³/mol. The maximum atomic E-state index is 5.19.